The van der Waals surface area contributed by atoms with Crippen LogP contribution in [0.1, 0.15) is 10.5 Å². The van der Waals surface area contributed by atoms with Crippen LogP contribution >= 0.6 is 15.9 Å². The highest BCUT2D eigenvalue weighted by molar-refractivity contribution is 9.10. The fourth-order valence-electron chi connectivity index (χ4n) is 0.659. The monoisotopic (exact) mass is 229 g/mol. The summed E-state index contributed by atoms with van der Waals surface area (Å²) in [6.45, 7) is 0. The standard InChI is InChI=1S/C7H8BrN3O/c1-11(2)7(12)5-3-4-6(8)10-9-5/h3-4H,1-2H3. The molecule has 1 amide bonds. The maximum atomic E-state index is 11.3. The van der Waals surface area contributed by atoms with Crippen molar-refractivity contribution in [1.29, 1.82) is 0 Å². The van der Waals surface area contributed by atoms with Crippen molar-refractivity contribution in [3.05, 3.63) is 22.4 Å². The van der Waals surface area contributed by atoms with Crippen molar-refractivity contribution in [2.45, 2.75) is 0 Å². The minimum atomic E-state index is -0.144. The van der Waals surface area contributed by atoms with E-state index in [4.69, 9.17) is 0 Å². The van der Waals surface area contributed by atoms with Gasteiger partial charge < -0.3 is 4.90 Å². The number of carbonyl (C=O) groups excluding carboxylic acids is 1. The molecule has 0 bridgehead atoms. The van der Waals surface area contributed by atoms with Crippen LogP contribution in [0.5, 0.6) is 0 Å². The van der Waals surface area contributed by atoms with Crippen LogP contribution in [-0.2, 0) is 0 Å². The maximum absolute atomic E-state index is 11.3. The van der Waals surface area contributed by atoms with Crippen molar-refractivity contribution < 1.29 is 4.79 Å². The first-order valence-electron chi connectivity index (χ1n) is 3.32. The Morgan fingerprint density at radius 3 is 2.50 bits per heavy atom. The first-order chi connectivity index (χ1) is 5.61. The van der Waals surface area contributed by atoms with Crippen LogP contribution in [0.3, 0.4) is 0 Å². The smallest absolute Gasteiger partial charge is 0.273 e. The summed E-state index contributed by atoms with van der Waals surface area (Å²) in [4.78, 5) is 12.7. The molecule has 0 saturated carbocycles. The van der Waals surface area contributed by atoms with E-state index >= 15 is 0 Å². The van der Waals surface area contributed by atoms with Crippen LogP contribution < -0.4 is 0 Å². The summed E-state index contributed by atoms with van der Waals surface area (Å²) in [7, 11) is 3.35. The normalized spacial score (nSPS) is 9.58. The molecule has 0 fully saturated rings. The molecule has 0 aliphatic carbocycles. The van der Waals surface area contributed by atoms with Crippen LogP contribution in [0.2, 0.25) is 0 Å². The molecule has 0 unspecified atom stereocenters. The number of nitrogens with zero attached hydrogens (tertiary/aromatic N) is 3. The Kier molecular flexibility index (Phi) is 2.75. The van der Waals surface area contributed by atoms with Crippen molar-refractivity contribution in [3.8, 4) is 0 Å². The molecule has 0 radical (unpaired) electrons. The number of aromatic nitrogens is 2. The Balaban J connectivity index is 2.90. The largest absolute Gasteiger partial charge is 0.343 e. The van der Waals surface area contributed by atoms with Crippen molar-refractivity contribution in [3.63, 3.8) is 0 Å². The topological polar surface area (TPSA) is 46.1 Å². The van der Waals surface area contributed by atoms with E-state index < -0.39 is 0 Å². The molecule has 0 N–H and O–H groups in total. The second-order valence-electron chi connectivity index (χ2n) is 2.44. The third-order valence-corrected chi connectivity index (χ3v) is 1.68. The highest BCUT2D eigenvalue weighted by atomic mass is 79.9. The summed E-state index contributed by atoms with van der Waals surface area (Å²) in [5.41, 5.74) is 0.350. The van der Waals surface area contributed by atoms with E-state index in [1.165, 1.54) is 4.90 Å². The second kappa shape index (κ2) is 3.62. The maximum Gasteiger partial charge on any atom is 0.273 e. The third kappa shape index (κ3) is 2.01. The molecule has 12 heavy (non-hydrogen) atoms. The lowest BCUT2D eigenvalue weighted by molar-refractivity contribution is 0.0820. The van der Waals surface area contributed by atoms with Gasteiger partial charge in [0, 0.05) is 14.1 Å². The summed E-state index contributed by atoms with van der Waals surface area (Å²) in [6.07, 6.45) is 0. The molecule has 4 nitrogen and oxygen atoms in total. The summed E-state index contributed by atoms with van der Waals surface area (Å²) in [6, 6.07) is 3.31. The quantitative estimate of drug-likeness (QED) is 0.721. The highest BCUT2D eigenvalue weighted by Gasteiger charge is 2.08. The average Bonchev–Trinajstić information content (AvgIpc) is 2.04. The van der Waals surface area contributed by atoms with E-state index in [1.807, 2.05) is 0 Å². The molecule has 0 aliphatic heterocycles. The van der Waals surface area contributed by atoms with Crippen molar-refractivity contribution in [2.24, 2.45) is 0 Å². The molecule has 0 saturated heterocycles. The van der Waals surface area contributed by atoms with Gasteiger partial charge in [-0.1, -0.05) is 0 Å². The summed E-state index contributed by atoms with van der Waals surface area (Å²) < 4.78 is 0.623. The van der Waals surface area contributed by atoms with Crippen LogP contribution in [0.25, 0.3) is 0 Å². The average molecular weight is 230 g/mol. The predicted molar refractivity (Wildman–Crippen MR) is 47.7 cm³/mol. The zero-order chi connectivity index (χ0) is 9.14. The minimum absolute atomic E-state index is 0.144. The van der Waals surface area contributed by atoms with E-state index in [-0.39, 0.29) is 5.91 Å². The zero-order valence-electron chi connectivity index (χ0n) is 6.78. The van der Waals surface area contributed by atoms with Gasteiger partial charge in [0.2, 0.25) is 0 Å². The molecule has 0 aliphatic rings. The molecule has 0 atom stereocenters. The molecule has 1 heterocycles. The van der Waals surface area contributed by atoms with E-state index in [9.17, 15) is 4.79 Å². The molecule has 1 rings (SSSR count). The first-order valence-corrected chi connectivity index (χ1v) is 4.11. The van der Waals surface area contributed by atoms with Crippen LogP contribution in [0, 0.1) is 0 Å². The van der Waals surface area contributed by atoms with Gasteiger partial charge in [-0.3, -0.25) is 4.79 Å². The van der Waals surface area contributed by atoms with E-state index in [0.717, 1.165) is 0 Å². The van der Waals surface area contributed by atoms with Gasteiger partial charge in [-0.15, -0.1) is 10.2 Å². The van der Waals surface area contributed by atoms with Gasteiger partial charge in [0.05, 0.1) is 0 Å². The number of hydrogen-bond donors (Lipinski definition) is 0. The van der Waals surface area contributed by atoms with Crippen LogP contribution in [0.4, 0.5) is 0 Å². The van der Waals surface area contributed by atoms with Gasteiger partial charge in [0.15, 0.2) is 5.69 Å². The van der Waals surface area contributed by atoms with E-state index in [2.05, 4.69) is 26.1 Å². The van der Waals surface area contributed by atoms with Gasteiger partial charge in [0.1, 0.15) is 4.60 Å². The van der Waals surface area contributed by atoms with Gasteiger partial charge in [0.25, 0.3) is 5.91 Å². The molecule has 1 aromatic heterocycles. The lowest BCUT2D eigenvalue weighted by Gasteiger charge is -2.07. The number of amides is 1. The van der Waals surface area contributed by atoms with Crippen molar-refractivity contribution in [2.75, 3.05) is 14.1 Å². The number of carbonyl (C=O) groups is 1. The second-order valence-corrected chi connectivity index (χ2v) is 3.25. The summed E-state index contributed by atoms with van der Waals surface area (Å²) in [5.74, 6) is -0.144. The SMILES string of the molecule is CN(C)C(=O)c1ccc(Br)nn1. The molecule has 64 valence electrons. The fourth-order valence-corrected chi connectivity index (χ4v) is 0.871. The van der Waals surface area contributed by atoms with Gasteiger partial charge in [-0.05, 0) is 28.1 Å². The lowest BCUT2D eigenvalue weighted by atomic mass is 10.3. The fraction of sp³-hybridized carbons (Fsp3) is 0.286. The molecule has 5 heteroatoms. The first kappa shape index (κ1) is 9.12. The predicted octanol–water partition coefficient (Wildman–Crippen LogP) is 0.941. The molecule has 1 aromatic rings. The van der Waals surface area contributed by atoms with Crippen molar-refractivity contribution in [1.82, 2.24) is 15.1 Å². The number of rotatable bonds is 1. The van der Waals surface area contributed by atoms with Gasteiger partial charge >= 0.3 is 0 Å². The van der Waals surface area contributed by atoms with Gasteiger partial charge in [-0.2, -0.15) is 0 Å². The summed E-state index contributed by atoms with van der Waals surface area (Å²) in [5, 5.41) is 7.41. The number of halogens is 1. The Bertz CT molecular complexity index is 283. The third-order valence-electron chi connectivity index (χ3n) is 1.26. The van der Waals surface area contributed by atoms with Crippen LogP contribution in [0.15, 0.2) is 16.7 Å². The van der Waals surface area contributed by atoms with Gasteiger partial charge in [-0.25, -0.2) is 0 Å². The van der Waals surface area contributed by atoms with E-state index in [0.29, 0.717) is 10.3 Å². The molecule has 0 aromatic carbocycles. The number of hydrogen-bond acceptors (Lipinski definition) is 3. The molecular weight excluding hydrogens is 222 g/mol. The Morgan fingerprint density at radius 2 is 2.08 bits per heavy atom. The highest BCUT2D eigenvalue weighted by Crippen LogP contribution is 2.04. The summed E-state index contributed by atoms with van der Waals surface area (Å²) >= 11 is 3.13. The Hall–Kier alpha value is -0.970. The van der Waals surface area contributed by atoms with Crippen LogP contribution in [-0.4, -0.2) is 35.1 Å². The minimum Gasteiger partial charge on any atom is -0.343 e. The molecular formula is C7H8BrN3O. The van der Waals surface area contributed by atoms with E-state index in [1.54, 1.807) is 26.2 Å². The zero-order valence-corrected chi connectivity index (χ0v) is 8.37. The molecule has 0 spiro atoms. The lowest BCUT2D eigenvalue weighted by Crippen LogP contribution is -2.22. The van der Waals surface area contributed by atoms with Crippen molar-refractivity contribution >= 4 is 21.8 Å². The Labute approximate surface area is 78.7 Å². The Morgan fingerprint density at radius 1 is 1.42 bits per heavy atom.